The molecule has 5 nitrogen and oxygen atoms in total. The number of nitrogens with zero attached hydrogens (tertiary/aromatic N) is 1. The predicted octanol–water partition coefficient (Wildman–Crippen LogP) is 1.83. The fourth-order valence-corrected chi connectivity index (χ4v) is 1.99. The summed E-state index contributed by atoms with van der Waals surface area (Å²) in [4.78, 5) is 27.8. The van der Waals surface area contributed by atoms with Crippen LogP contribution in [0.15, 0.2) is 48.7 Å². The Hall–Kier alpha value is -2.69. The summed E-state index contributed by atoms with van der Waals surface area (Å²) in [6.07, 6.45) is 1.92. The van der Waals surface area contributed by atoms with Gasteiger partial charge in [0.2, 0.25) is 5.91 Å². The second-order valence-corrected chi connectivity index (χ2v) is 4.92. The number of benzene rings is 1. The van der Waals surface area contributed by atoms with Crippen molar-refractivity contribution >= 4 is 11.8 Å². The smallest absolute Gasteiger partial charge is 0.251 e. The number of rotatable bonds is 6. The van der Waals surface area contributed by atoms with Gasteiger partial charge in [-0.1, -0.05) is 24.3 Å². The summed E-state index contributed by atoms with van der Waals surface area (Å²) >= 11 is 0. The van der Waals surface area contributed by atoms with Crippen molar-refractivity contribution < 1.29 is 9.59 Å². The lowest BCUT2D eigenvalue weighted by atomic mass is 10.1. The standard InChI is InChI=1S/C17H19N3O2/c1-13-6-2-3-8-15(13)17(22)19-11-9-16(21)20-12-14-7-4-5-10-18-14/h2-8,10H,9,11-12H2,1H3,(H,19,22)(H,20,21). The van der Waals surface area contributed by atoms with Gasteiger partial charge in [0.05, 0.1) is 12.2 Å². The maximum absolute atomic E-state index is 12.0. The molecule has 114 valence electrons. The van der Waals surface area contributed by atoms with E-state index in [-0.39, 0.29) is 18.2 Å². The molecule has 0 bridgehead atoms. The van der Waals surface area contributed by atoms with Gasteiger partial charge in [-0.25, -0.2) is 0 Å². The topological polar surface area (TPSA) is 71.1 Å². The molecular weight excluding hydrogens is 278 g/mol. The van der Waals surface area contributed by atoms with Gasteiger partial charge in [0.1, 0.15) is 0 Å². The molecule has 22 heavy (non-hydrogen) atoms. The van der Waals surface area contributed by atoms with Crippen molar-refractivity contribution in [3.63, 3.8) is 0 Å². The summed E-state index contributed by atoms with van der Waals surface area (Å²) in [6, 6.07) is 12.9. The molecule has 0 aliphatic carbocycles. The normalized spacial score (nSPS) is 10.0. The van der Waals surface area contributed by atoms with E-state index in [1.54, 1.807) is 12.3 Å². The van der Waals surface area contributed by atoms with Crippen molar-refractivity contribution in [2.45, 2.75) is 19.9 Å². The van der Waals surface area contributed by atoms with Crippen LogP contribution in [0, 0.1) is 6.92 Å². The third kappa shape index (κ3) is 4.70. The molecule has 1 heterocycles. The molecule has 2 N–H and O–H groups in total. The average Bonchev–Trinajstić information content (AvgIpc) is 2.54. The molecule has 0 spiro atoms. The van der Waals surface area contributed by atoms with Gasteiger partial charge in [-0.15, -0.1) is 0 Å². The van der Waals surface area contributed by atoms with E-state index < -0.39 is 0 Å². The van der Waals surface area contributed by atoms with Crippen LogP contribution in [0.4, 0.5) is 0 Å². The van der Waals surface area contributed by atoms with Crippen molar-refractivity contribution in [3.05, 3.63) is 65.5 Å². The minimum atomic E-state index is -0.157. The maximum atomic E-state index is 12.0. The lowest BCUT2D eigenvalue weighted by Gasteiger charge is -2.08. The number of pyridine rings is 1. The minimum Gasteiger partial charge on any atom is -0.352 e. The van der Waals surface area contributed by atoms with E-state index in [0.29, 0.717) is 18.7 Å². The number of aryl methyl sites for hydroxylation is 1. The van der Waals surface area contributed by atoms with Gasteiger partial charge in [0, 0.05) is 24.7 Å². The molecule has 0 radical (unpaired) electrons. The molecule has 0 aliphatic rings. The van der Waals surface area contributed by atoms with Gasteiger partial charge in [-0.3, -0.25) is 14.6 Å². The number of carbonyl (C=O) groups excluding carboxylic acids is 2. The van der Waals surface area contributed by atoms with Crippen LogP contribution < -0.4 is 10.6 Å². The summed E-state index contributed by atoms with van der Waals surface area (Å²) in [7, 11) is 0. The zero-order valence-electron chi connectivity index (χ0n) is 12.5. The lowest BCUT2D eigenvalue weighted by molar-refractivity contribution is -0.121. The molecule has 0 saturated heterocycles. The minimum absolute atomic E-state index is 0.115. The first-order chi connectivity index (χ1) is 10.7. The monoisotopic (exact) mass is 297 g/mol. The van der Waals surface area contributed by atoms with Crippen LogP contribution >= 0.6 is 0 Å². The number of aromatic nitrogens is 1. The molecule has 0 atom stereocenters. The molecule has 5 heteroatoms. The third-order valence-electron chi connectivity index (χ3n) is 3.22. The Morgan fingerprint density at radius 2 is 1.82 bits per heavy atom. The quantitative estimate of drug-likeness (QED) is 0.854. The van der Waals surface area contributed by atoms with Crippen LogP contribution in [0.1, 0.15) is 28.0 Å². The Morgan fingerprint density at radius 3 is 2.55 bits per heavy atom. The van der Waals surface area contributed by atoms with Crippen LogP contribution in [0.5, 0.6) is 0 Å². The molecule has 0 saturated carbocycles. The Bertz CT molecular complexity index is 641. The van der Waals surface area contributed by atoms with Crippen LogP contribution in [0.25, 0.3) is 0 Å². The first-order valence-corrected chi connectivity index (χ1v) is 7.17. The van der Waals surface area contributed by atoms with Gasteiger partial charge in [0.25, 0.3) is 5.91 Å². The van der Waals surface area contributed by atoms with Gasteiger partial charge >= 0.3 is 0 Å². The lowest BCUT2D eigenvalue weighted by Crippen LogP contribution is -2.30. The third-order valence-corrected chi connectivity index (χ3v) is 3.22. The van der Waals surface area contributed by atoms with Crippen LogP contribution in [-0.2, 0) is 11.3 Å². The van der Waals surface area contributed by atoms with Crippen molar-refractivity contribution in [1.82, 2.24) is 15.6 Å². The van der Waals surface area contributed by atoms with E-state index in [4.69, 9.17) is 0 Å². The molecule has 1 aromatic heterocycles. The van der Waals surface area contributed by atoms with E-state index >= 15 is 0 Å². The fraction of sp³-hybridized carbons (Fsp3) is 0.235. The number of amides is 2. The Balaban J connectivity index is 1.71. The van der Waals surface area contributed by atoms with Gasteiger partial charge in [-0.05, 0) is 30.7 Å². The molecule has 0 fully saturated rings. The molecule has 2 rings (SSSR count). The average molecular weight is 297 g/mol. The number of hydrogen-bond donors (Lipinski definition) is 2. The summed E-state index contributed by atoms with van der Waals surface area (Å²) in [6.45, 7) is 2.58. The van der Waals surface area contributed by atoms with Gasteiger partial charge in [0.15, 0.2) is 0 Å². The number of hydrogen-bond acceptors (Lipinski definition) is 3. The molecule has 0 aliphatic heterocycles. The van der Waals surface area contributed by atoms with Crippen molar-refractivity contribution in [2.24, 2.45) is 0 Å². The first kappa shape index (κ1) is 15.7. The summed E-state index contributed by atoms with van der Waals surface area (Å²) in [5.74, 6) is -0.272. The van der Waals surface area contributed by atoms with Crippen LogP contribution in [-0.4, -0.2) is 23.3 Å². The number of carbonyl (C=O) groups is 2. The van der Waals surface area contributed by atoms with E-state index in [1.807, 2.05) is 43.3 Å². The highest BCUT2D eigenvalue weighted by Gasteiger charge is 2.08. The summed E-state index contributed by atoms with van der Waals surface area (Å²) in [5, 5.41) is 5.52. The maximum Gasteiger partial charge on any atom is 0.251 e. The van der Waals surface area contributed by atoms with Crippen molar-refractivity contribution in [3.8, 4) is 0 Å². The van der Waals surface area contributed by atoms with E-state index in [0.717, 1.165) is 11.3 Å². The van der Waals surface area contributed by atoms with E-state index in [9.17, 15) is 9.59 Å². The molecule has 1 aromatic carbocycles. The second kappa shape index (κ2) is 7.93. The zero-order valence-corrected chi connectivity index (χ0v) is 12.5. The molecule has 2 aromatic rings. The SMILES string of the molecule is Cc1ccccc1C(=O)NCCC(=O)NCc1ccccn1. The van der Waals surface area contributed by atoms with E-state index in [1.165, 1.54) is 0 Å². The fourth-order valence-electron chi connectivity index (χ4n) is 1.99. The predicted molar refractivity (Wildman–Crippen MR) is 84.2 cm³/mol. The zero-order chi connectivity index (χ0) is 15.8. The highest BCUT2D eigenvalue weighted by molar-refractivity contribution is 5.95. The van der Waals surface area contributed by atoms with Crippen molar-refractivity contribution in [1.29, 1.82) is 0 Å². The van der Waals surface area contributed by atoms with Crippen LogP contribution in [0.3, 0.4) is 0 Å². The van der Waals surface area contributed by atoms with Gasteiger partial charge in [-0.2, -0.15) is 0 Å². The molecular formula is C17H19N3O2. The Kier molecular flexibility index (Phi) is 5.65. The second-order valence-electron chi connectivity index (χ2n) is 4.92. The summed E-state index contributed by atoms with van der Waals surface area (Å²) < 4.78 is 0. The Morgan fingerprint density at radius 1 is 1.05 bits per heavy atom. The Labute approximate surface area is 129 Å². The first-order valence-electron chi connectivity index (χ1n) is 7.17. The highest BCUT2D eigenvalue weighted by Crippen LogP contribution is 2.06. The molecule has 2 amide bonds. The van der Waals surface area contributed by atoms with E-state index in [2.05, 4.69) is 15.6 Å². The van der Waals surface area contributed by atoms with Crippen molar-refractivity contribution in [2.75, 3.05) is 6.54 Å². The number of nitrogens with one attached hydrogen (secondary N) is 2. The van der Waals surface area contributed by atoms with Crippen LogP contribution in [0.2, 0.25) is 0 Å². The molecule has 0 unspecified atom stereocenters. The van der Waals surface area contributed by atoms with Gasteiger partial charge < -0.3 is 10.6 Å². The largest absolute Gasteiger partial charge is 0.352 e. The highest BCUT2D eigenvalue weighted by atomic mass is 16.2. The summed E-state index contributed by atoms with van der Waals surface area (Å²) in [5.41, 5.74) is 2.36.